The molecule has 0 amide bonds. The summed E-state index contributed by atoms with van der Waals surface area (Å²) in [6.45, 7) is 10.7. The summed E-state index contributed by atoms with van der Waals surface area (Å²) in [6.07, 6.45) is 17.9. The summed E-state index contributed by atoms with van der Waals surface area (Å²) < 4.78 is 0. The summed E-state index contributed by atoms with van der Waals surface area (Å²) in [5, 5.41) is 0. The molecule has 0 spiro atoms. The van der Waals surface area contributed by atoms with Gasteiger partial charge in [0, 0.05) is 27.7 Å². The first-order valence-corrected chi connectivity index (χ1v) is 16.8. The molecule has 4 aromatic heterocycles. The van der Waals surface area contributed by atoms with E-state index in [0.717, 1.165) is 55.7 Å². The highest BCUT2D eigenvalue weighted by Crippen LogP contribution is 2.57. The van der Waals surface area contributed by atoms with Crippen LogP contribution in [0.25, 0.3) is 45.6 Å². The van der Waals surface area contributed by atoms with Gasteiger partial charge in [0.2, 0.25) is 0 Å². The summed E-state index contributed by atoms with van der Waals surface area (Å²) in [7, 11) is 0. The molecular formula is C41H32N12. The first kappa shape index (κ1) is 33.1. The molecule has 12 heteroatoms. The Kier molecular flexibility index (Phi) is 8.47. The van der Waals surface area contributed by atoms with E-state index >= 15 is 0 Å². The van der Waals surface area contributed by atoms with Crippen molar-refractivity contribution in [1.29, 1.82) is 0 Å². The van der Waals surface area contributed by atoms with Gasteiger partial charge < -0.3 is 0 Å². The van der Waals surface area contributed by atoms with Crippen LogP contribution in [0.2, 0.25) is 0 Å². The van der Waals surface area contributed by atoms with Crippen LogP contribution in [0.1, 0.15) is 43.0 Å². The maximum Gasteiger partial charge on any atom is 0.162 e. The van der Waals surface area contributed by atoms with Crippen LogP contribution in [-0.4, -0.2) is 59.8 Å². The average molecular weight is 693 g/mol. The van der Waals surface area contributed by atoms with Gasteiger partial charge in [-0.2, -0.15) is 0 Å². The topological polar surface area (TPSA) is 155 Å². The highest BCUT2D eigenvalue weighted by Gasteiger charge is 2.49. The lowest BCUT2D eigenvalue weighted by Gasteiger charge is -2.48. The molecule has 12 nitrogen and oxygen atoms in total. The van der Waals surface area contributed by atoms with Gasteiger partial charge in [0.15, 0.2) is 23.3 Å². The second-order valence-electron chi connectivity index (χ2n) is 13.0. The standard InChI is InChI=1S/C41H32N12/c1-5-6-9-33-26(2)41(35-11-8-7-10-34(35)40(33,3)4,31-14-27(36-46-18-42-19-47-36)12-28(15-31)37-48-20-43-21-49-37)32-16-29(38-50-22-44-23-51-38)13-30(17-32)39-52-24-45-25-53-39/h5-25H,1H2,2-4H3/b9-6-. The fraction of sp³-hybridized carbons (Fsp3) is 0.122. The van der Waals surface area contributed by atoms with E-state index in [9.17, 15) is 0 Å². The van der Waals surface area contributed by atoms with Gasteiger partial charge in [-0.05, 0) is 76.7 Å². The van der Waals surface area contributed by atoms with Crippen LogP contribution in [-0.2, 0) is 10.8 Å². The smallest absolute Gasteiger partial charge is 0.162 e. The number of allylic oxidation sites excluding steroid dienone is 5. The van der Waals surface area contributed by atoms with Crippen molar-refractivity contribution in [2.45, 2.75) is 31.6 Å². The number of aromatic nitrogens is 12. The normalized spacial score (nSPS) is 14.5. The van der Waals surface area contributed by atoms with Gasteiger partial charge in [0.1, 0.15) is 50.6 Å². The molecule has 0 aliphatic heterocycles. The van der Waals surface area contributed by atoms with Crippen molar-refractivity contribution in [2.24, 2.45) is 0 Å². The molecule has 0 unspecified atom stereocenters. The van der Waals surface area contributed by atoms with E-state index in [4.69, 9.17) is 0 Å². The Hall–Kier alpha value is -7.08. The molecule has 0 radical (unpaired) electrons. The minimum absolute atomic E-state index is 0.380. The van der Waals surface area contributed by atoms with E-state index in [-0.39, 0.29) is 5.41 Å². The summed E-state index contributed by atoms with van der Waals surface area (Å²) in [5.41, 5.74) is 8.13. The SMILES string of the molecule is C=C/C=C\C1=C(C)C(c2cc(-c3ncncn3)cc(-c3ncncn3)c2)(c2cc(-c3ncncn3)cc(-c3ncncn3)c2)c2ccccc2C1(C)C. The van der Waals surface area contributed by atoms with Crippen LogP contribution in [0.4, 0.5) is 0 Å². The van der Waals surface area contributed by atoms with Crippen LogP contribution in [0.3, 0.4) is 0 Å². The zero-order valence-electron chi connectivity index (χ0n) is 29.2. The van der Waals surface area contributed by atoms with Crippen molar-refractivity contribution in [3.05, 3.63) is 169 Å². The zero-order chi connectivity index (χ0) is 36.4. The molecule has 0 N–H and O–H groups in total. The third-order valence-corrected chi connectivity index (χ3v) is 9.78. The lowest BCUT2D eigenvalue weighted by molar-refractivity contribution is 0.553. The Morgan fingerprint density at radius 3 is 1.23 bits per heavy atom. The van der Waals surface area contributed by atoms with Crippen molar-refractivity contribution in [3.8, 4) is 45.6 Å². The maximum absolute atomic E-state index is 4.56. The van der Waals surface area contributed by atoms with E-state index in [1.807, 2.05) is 18.2 Å². The highest BCUT2D eigenvalue weighted by molar-refractivity contribution is 5.78. The molecule has 256 valence electrons. The molecule has 4 heterocycles. The molecule has 7 aromatic rings. The molecule has 0 saturated heterocycles. The van der Waals surface area contributed by atoms with Gasteiger partial charge >= 0.3 is 0 Å². The third-order valence-electron chi connectivity index (χ3n) is 9.78. The van der Waals surface area contributed by atoms with Gasteiger partial charge in [-0.1, -0.05) is 62.9 Å². The summed E-state index contributed by atoms with van der Waals surface area (Å²) in [4.78, 5) is 52.8. The number of rotatable bonds is 8. The van der Waals surface area contributed by atoms with E-state index in [1.54, 1.807) is 6.08 Å². The molecule has 8 rings (SSSR count). The molecule has 0 saturated carbocycles. The van der Waals surface area contributed by atoms with Crippen LogP contribution < -0.4 is 0 Å². The predicted octanol–water partition coefficient (Wildman–Crippen LogP) is 6.78. The average Bonchev–Trinajstić information content (AvgIpc) is 3.22. The summed E-state index contributed by atoms with van der Waals surface area (Å²) in [5.74, 6) is 2.04. The Balaban J connectivity index is 1.57. The number of hydrogen-bond donors (Lipinski definition) is 0. The largest absolute Gasteiger partial charge is 0.225 e. The highest BCUT2D eigenvalue weighted by atomic mass is 15.0. The fourth-order valence-electron chi connectivity index (χ4n) is 7.54. The molecule has 1 aliphatic carbocycles. The van der Waals surface area contributed by atoms with Crippen LogP contribution in [0.15, 0.2) is 147 Å². The zero-order valence-corrected chi connectivity index (χ0v) is 29.2. The van der Waals surface area contributed by atoms with Crippen LogP contribution in [0, 0.1) is 0 Å². The second kappa shape index (κ2) is 13.6. The summed E-state index contributed by atoms with van der Waals surface area (Å²) in [6, 6.07) is 21.2. The molecule has 3 aromatic carbocycles. The van der Waals surface area contributed by atoms with Gasteiger partial charge in [-0.25, -0.2) is 59.8 Å². The predicted molar refractivity (Wildman–Crippen MR) is 200 cm³/mol. The van der Waals surface area contributed by atoms with E-state index in [2.05, 4.69) is 142 Å². The van der Waals surface area contributed by atoms with Crippen LogP contribution >= 0.6 is 0 Å². The van der Waals surface area contributed by atoms with Crippen LogP contribution in [0.5, 0.6) is 0 Å². The van der Waals surface area contributed by atoms with Crippen molar-refractivity contribution in [3.63, 3.8) is 0 Å². The second-order valence-corrected chi connectivity index (χ2v) is 13.0. The Labute approximate surface area is 305 Å². The number of fused-ring (bicyclic) bond motifs is 1. The third kappa shape index (κ3) is 5.75. The monoisotopic (exact) mass is 692 g/mol. The van der Waals surface area contributed by atoms with E-state index in [1.165, 1.54) is 50.6 Å². The molecule has 0 atom stereocenters. The van der Waals surface area contributed by atoms with E-state index < -0.39 is 5.41 Å². The molecule has 0 bridgehead atoms. The van der Waals surface area contributed by atoms with E-state index in [0.29, 0.717) is 23.3 Å². The Morgan fingerprint density at radius 2 is 0.868 bits per heavy atom. The number of hydrogen-bond acceptors (Lipinski definition) is 12. The van der Waals surface area contributed by atoms with Gasteiger partial charge in [-0.15, -0.1) is 0 Å². The first-order valence-electron chi connectivity index (χ1n) is 16.8. The Bertz CT molecular complexity index is 2260. The van der Waals surface area contributed by atoms with Crippen molar-refractivity contribution < 1.29 is 0 Å². The Morgan fingerprint density at radius 1 is 0.509 bits per heavy atom. The van der Waals surface area contributed by atoms with Crippen molar-refractivity contribution in [1.82, 2.24) is 59.8 Å². The minimum atomic E-state index is -0.928. The quantitative estimate of drug-likeness (QED) is 0.154. The molecular weight excluding hydrogens is 661 g/mol. The lowest BCUT2D eigenvalue weighted by atomic mass is 9.54. The lowest BCUT2D eigenvalue weighted by Crippen LogP contribution is -2.41. The number of nitrogens with zero attached hydrogens (tertiary/aromatic N) is 12. The first-order chi connectivity index (χ1) is 25.9. The molecule has 1 aliphatic rings. The summed E-state index contributed by atoms with van der Waals surface area (Å²) >= 11 is 0. The van der Waals surface area contributed by atoms with Gasteiger partial charge in [0.25, 0.3) is 0 Å². The molecule has 53 heavy (non-hydrogen) atoms. The maximum atomic E-state index is 4.56. The van der Waals surface area contributed by atoms with Gasteiger partial charge in [0.05, 0.1) is 5.41 Å². The van der Waals surface area contributed by atoms with Crippen molar-refractivity contribution >= 4 is 0 Å². The fourth-order valence-corrected chi connectivity index (χ4v) is 7.54. The van der Waals surface area contributed by atoms with Gasteiger partial charge in [-0.3, -0.25) is 0 Å². The molecule has 0 fully saturated rings. The minimum Gasteiger partial charge on any atom is -0.225 e. The number of benzene rings is 3. The van der Waals surface area contributed by atoms with Crippen molar-refractivity contribution in [2.75, 3.05) is 0 Å².